The van der Waals surface area contributed by atoms with E-state index >= 15 is 0 Å². The predicted octanol–water partition coefficient (Wildman–Crippen LogP) is 2.85. The molecule has 7 nitrogen and oxygen atoms in total. The third kappa shape index (κ3) is 6.58. The zero-order valence-electron chi connectivity index (χ0n) is 17.0. The third-order valence-corrected chi connectivity index (χ3v) is 4.21. The molecule has 2 aromatic rings. The number of hydrogen-bond acceptors (Lipinski definition) is 5. The zero-order chi connectivity index (χ0) is 19.6. The van der Waals surface area contributed by atoms with Gasteiger partial charge in [-0.2, -0.15) is 4.98 Å². The maximum absolute atomic E-state index is 5.43. The van der Waals surface area contributed by atoms with Crippen molar-refractivity contribution in [2.24, 2.45) is 4.99 Å². The molecular formula is C20H31N5O2. The number of hydrogen-bond donors (Lipinski definition) is 2. The Hall–Kier alpha value is -2.57. The van der Waals surface area contributed by atoms with E-state index < -0.39 is 0 Å². The van der Waals surface area contributed by atoms with Crippen LogP contribution in [0, 0.1) is 6.92 Å². The highest BCUT2D eigenvalue weighted by Crippen LogP contribution is 2.19. The molecule has 0 radical (unpaired) electrons. The minimum Gasteiger partial charge on any atom is -0.496 e. The molecule has 2 N–H and O–H groups in total. The van der Waals surface area contributed by atoms with E-state index in [1.165, 1.54) is 11.1 Å². The minimum absolute atomic E-state index is 0.288. The lowest BCUT2D eigenvalue weighted by molar-refractivity contribution is 0.368. The third-order valence-electron chi connectivity index (χ3n) is 4.21. The highest BCUT2D eigenvalue weighted by atomic mass is 16.5. The molecule has 148 valence electrons. The fraction of sp³-hybridized carbons (Fsp3) is 0.550. The van der Waals surface area contributed by atoms with Crippen LogP contribution in [0.5, 0.6) is 5.75 Å². The van der Waals surface area contributed by atoms with Crippen molar-refractivity contribution >= 4 is 5.96 Å². The summed E-state index contributed by atoms with van der Waals surface area (Å²) < 4.78 is 10.7. The Morgan fingerprint density at radius 3 is 2.67 bits per heavy atom. The first-order valence-corrected chi connectivity index (χ1v) is 9.44. The summed E-state index contributed by atoms with van der Waals surface area (Å²) >= 11 is 0. The molecule has 0 aliphatic rings. The number of aryl methyl sites for hydroxylation is 2. The van der Waals surface area contributed by atoms with Gasteiger partial charge < -0.3 is 19.9 Å². The summed E-state index contributed by atoms with van der Waals surface area (Å²) in [6.07, 6.45) is 2.52. The summed E-state index contributed by atoms with van der Waals surface area (Å²) in [5.41, 5.74) is 2.42. The van der Waals surface area contributed by atoms with Crippen LogP contribution in [0.25, 0.3) is 0 Å². The van der Waals surface area contributed by atoms with Crippen molar-refractivity contribution in [1.29, 1.82) is 0 Å². The van der Waals surface area contributed by atoms with Crippen LogP contribution in [-0.2, 0) is 12.8 Å². The number of benzene rings is 1. The van der Waals surface area contributed by atoms with Crippen molar-refractivity contribution in [1.82, 2.24) is 20.8 Å². The SMILES string of the molecule is CN=C(NCCCc1nc(C(C)C)no1)NCCc1cc(C)ccc1OC. The number of rotatable bonds is 9. The number of nitrogens with zero attached hydrogens (tertiary/aromatic N) is 3. The van der Waals surface area contributed by atoms with Crippen molar-refractivity contribution in [3.05, 3.63) is 41.0 Å². The first-order valence-electron chi connectivity index (χ1n) is 9.44. The standard InChI is InChI=1S/C20H31N5O2/c1-14(2)19-24-18(27-25-19)7-6-11-22-20(21-4)23-12-10-16-13-15(3)8-9-17(16)26-5/h8-9,13-14H,6-7,10-12H2,1-5H3,(H2,21,22,23). The van der Waals surface area contributed by atoms with Gasteiger partial charge in [0.05, 0.1) is 7.11 Å². The molecule has 0 fully saturated rings. The molecule has 0 unspecified atom stereocenters. The van der Waals surface area contributed by atoms with Gasteiger partial charge in [0.25, 0.3) is 0 Å². The summed E-state index contributed by atoms with van der Waals surface area (Å²) in [4.78, 5) is 8.65. The highest BCUT2D eigenvalue weighted by molar-refractivity contribution is 5.79. The first kappa shape index (κ1) is 20.7. The molecule has 0 aliphatic heterocycles. The molecule has 7 heteroatoms. The van der Waals surface area contributed by atoms with Crippen LogP contribution in [-0.4, -0.2) is 43.3 Å². The van der Waals surface area contributed by atoms with Gasteiger partial charge in [0.2, 0.25) is 5.89 Å². The number of ether oxygens (including phenoxy) is 1. The van der Waals surface area contributed by atoms with Gasteiger partial charge in [-0.25, -0.2) is 0 Å². The number of guanidine groups is 1. The van der Waals surface area contributed by atoms with Crippen LogP contribution in [0.1, 0.15) is 49.0 Å². The minimum atomic E-state index is 0.288. The molecule has 0 atom stereocenters. The van der Waals surface area contributed by atoms with E-state index in [0.29, 0.717) is 5.89 Å². The quantitative estimate of drug-likeness (QED) is 0.399. The van der Waals surface area contributed by atoms with Gasteiger partial charge in [-0.15, -0.1) is 0 Å². The average molecular weight is 374 g/mol. The smallest absolute Gasteiger partial charge is 0.226 e. The lowest BCUT2D eigenvalue weighted by atomic mass is 10.1. The van der Waals surface area contributed by atoms with E-state index in [-0.39, 0.29) is 5.92 Å². The number of methoxy groups -OCH3 is 1. The Bertz CT molecular complexity index is 740. The summed E-state index contributed by atoms with van der Waals surface area (Å²) in [7, 11) is 3.48. The molecule has 0 saturated carbocycles. The predicted molar refractivity (Wildman–Crippen MR) is 108 cm³/mol. The summed E-state index contributed by atoms with van der Waals surface area (Å²) in [6, 6.07) is 6.23. The van der Waals surface area contributed by atoms with Crippen LogP contribution < -0.4 is 15.4 Å². The van der Waals surface area contributed by atoms with Crippen molar-refractivity contribution < 1.29 is 9.26 Å². The van der Waals surface area contributed by atoms with Gasteiger partial charge in [-0.1, -0.05) is 36.7 Å². The summed E-state index contributed by atoms with van der Waals surface area (Å²) in [6.45, 7) is 7.76. The van der Waals surface area contributed by atoms with E-state index in [0.717, 1.165) is 49.9 Å². The molecule has 1 heterocycles. The Labute approximate surface area is 161 Å². The van der Waals surface area contributed by atoms with Crippen molar-refractivity contribution in [2.45, 2.75) is 46.0 Å². The van der Waals surface area contributed by atoms with Gasteiger partial charge in [0.1, 0.15) is 5.75 Å². The van der Waals surface area contributed by atoms with Gasteiger partial charge in [-0.05, 0) is 31.4 Å². The molecule has 0 aliphatic carbocycles. The maximum Gasteiger partial charge on any atom is 0.226 e. The van der Waals surface area contributed by atoms with Crippen molar-refractivity contribution in [2.75, 3.05) is 27.2 Å². The number of aromatic nitrogens is 2. The topological polar surface area (TPSA) is 84.6 Å². The summed E-state index contributed by atoms with van der Waals surface area (Å²) in [5.74, 6) is 3.45. The molecule has 2 rings (SSSR count). The number of aliphatic imine (C=N–C) groups is 1. The van der Waals surface area contributed by atoms with Gasteiger partial charge in [0, 0.05) is 32.5 Å². The van der Waals surface area contributed by atoms with E-state index in [1.807, 2.05) is 6.07 Å². The monoisotopic (exact) mass is 373 g/mol. The molecule has 1 aromatic carbocycles. The summed E-state index contributed by atoms with van der Waals surface area (Å²) in [5, 5.41) is 10.6. The average Bonchev–Trinajstić information content (AvgIpc) is 3.13. The lowest BCUT2D eigenvalue weighted by Crippen LogP contribution is -2.38. The van der Waals surface area contributed by atoms with Crippen LogP contribution in [0.3, 0.4) is 0 Å². The second-order valence-electron chi connectivity index (χ2n) is 6.80. The first-order chi connectivity index (χ1) is 13.0. The molecular weight excluding hydrogens is 342 g/mol. The van der Waals surface area contributed by atoms with Gasteiger partial charge in [-0.3, -0.25) is 4.99 Å². The van der Waals surface area contributed by atoms with Crippen LogP contribution in [0.4, 0.5) is 0 Å². The highest BCUT2D eigenvalue weighted by Gasteiger charge is 2.09. The fourth-order valence-corrected chi connectivity index (χ4v) is 2.69. The van der Waals surface area contributed by atoms with E-state index in [1.54, 1.807) is 14.2 Å². The van der Waals surface area contributed by atoms with Crippen molar-refractivity contribution in [3.8, 4) is 5.75 Å². The second-order valence-corrected chi connectivity index (χ2v) is 6.80. The molecule has 27 heavy (non-hydrogen) atoms. The molecule has 0 amide bonds. The Morgan fingerprint density at radius 1 is 1.22 bits per heavy atom. The molecule has 0 bridgehead atoms. The fourth-order valence-electron chi connectivity index (χ4n) is 2.69. The van der Waals surface area contributed by atoms with E-state index in [4.69, 9.17) is 9.26 Å². The second kappa shape index (κ2) is 10.5. The van der Waals surface area contributed by atoms with E-state index in [9.17, 15) is 0 Å². The zero-order valence-corrected chi connectivity index (χ0v) is 17.0. The van der Waals surface area contributed by atoms with Gasteiger partial charge >= 0.3 is 0 Å². The Morgan fingerprint density at radius 2 is 2.00 bits per heavy atom. The maximum atomic E-state index is 5.43. The molecule has 0 saturated heterocycles. The normalized spacial score (nSPS) is 11.7. The lowest BCUT2D eigenvalue weighted by Gasteiger charge is -2.13. The largest absolute Gasteiger partial charge is 0.496 e. The molecule has 1 aromatic heterocycles. The Kier molecular flexibility index (Phi) is 8.10. The van der Waals surface area contributed by atoms with Crippen molar-refractivity contribution in [3.63, 3.8) is 0 Å². The Balaban J connectivity index is 1.70. The van der Waals surface area contributed by atoms with Gasteiger partial charge in [0.15, 0.2) is 11.8 Å². The van der Waals surface area contributed by atoms with Crippen LogP contribution in [0.15, 0.2) is 27.7 Å². The van der Waals surface area contributed by atoms with Crippen LogP contribution in [0.2, 0.25) is 0 Å². The van der Waals surface area contributed by atoms with Crippen LogP contribution >= 0.6 is 0 Å². The molecule has 0 spiro atoms. The van der Waals surface area contributed by atoms with E-state index in [2.05, 4.69) is 58.7 Å². The number of nitrogens with one attached hydrogen (secondary N) is 2.